The van der Waals surface area contributed by atoms with Crippen molar-refractivity contribution in [2.75, 3.05) is 6.54 Å². The van der Waals surface area contributed by atoms with Gasteiger partial charge in [0, 0.05) is 25.0 Å². The second-order valence-electron chi connectivity index (χ2n) is 4.78. The molecule has 1 aromatic heterocycles. The maximum atomic E-state index is 6.27. The van der Waals surface area contributed by atoms with Gasteiger partial charge in [-0.3, -0.25) is 4.68 Å². The van der Waals surface area contributed by atoms with Gasteiger partial charge in [0.2, 0.25) is 0 Å². The molecule has 1 saturated carbocycles. The SMILES string of the molecule is CCc1cc(CNCC(Cl)C2CC2)n(CC)n1. The van der Waals surface area contributed by atoms with Crippen molar-refractivity contribution in [2.45, 2.75) is 51.6 Å². The number of hydrogen-bond donors (Lipinski definition) is 1. The molecular weight excluding hydrogens is 234 g/mol. The number of alkyl halides is 1. The normalized spacial score (nSPS) is 17.4. The van der Waals surface area contributed by atoms with Gasteiger partial charge in [-0.05, 0) is 38.2 Å². The number of aromatic nitrogens is 2. The first-order valence-corrected chi connectivity index (χ1v) is 7.08. The molecule has 0 saturated heterocycles. The zero-order chi connectivity index (χ0) is 12.3. The smallest absolute Gasteiger partial charge is 0.0625 e. The van der Waals surface area contributed by atoms with Gasteiger partial charge in [-0.15, -0.1) is 11.6 Å². The van der Waals surface area contributed by atoms with Gasteiger partial charge in [0.25, 0.3) is 0 Å². The van der Waals surface area contributed by atoms with Crippen molar-refractivity contribution in [1.82, 2.24) is 15.1 Å². The fourth-order valence-corrected chi connectivity index (χ4v) is 2.43. The molecule has 1 unspecified atom stereocenters. The van der Waals surface area contributed by atoms with Gasteiger partial charge in [0.1, 0.15) is 0 Å². The quantitative estimate of drug-likeness (QED) is 0.759. The second kappa shape index (κ2) is 5.87. The Hall–Kier alpha value is -0.540. The first-order valence-electron chi connectivity index (χ1n) is 6.65. The lowest BCUT2D eigenvalue weighted by Crippen LogP contribution is -2.25. The molecule has 0 spiro atoms. The van der Waals surface area contributed by atoms with Crippen molar-refractivity contribution < 1.29 is 0 Å². The molecule has 1 atom stereocenters. The van der Waals surface area contributed by atoms with Crippen molar-refractivity contribution in [2.24, 2.45) is 5.92 Å². The molecule has 0 amide bonds. The van der Waals surface area contributed by atoms with E-state index in [0.29, 0.717) is 5.38 Å². The lowest BCUT2D eigenvalue weighted by atomic mass is 10.2. The summed E-state index contributed by atoms with van der Waals surface area (Å²) in [5.74, 6) is 0.756. The van der Waals surface area contributed by atoms with Crippen LogP contribution in [0.2, 0.25) is 0 Å². The Bertz CT molecular complexity index is 358. The van der Waals surface area contributed by atoms with E-state index in [-0.39, 0.29) is 0 Å². The Morgan fingerprint density at radius 2 is 2.29 bits per heavy atom. The van der Waals surface area contributed by atoms with Crippen LogP contribution in [-0.4, -0.2) is 21.7 Å². The van der Waals surface area contributed by atoms with Crippen molar-refractivity contribution >= 4 is 11.6 Å². The third-order valence-corrected chi connectivity index (χ3v) is 3.87. The largest absolute Gasteiger partial charge is 0.310 e. The number of nitrogens with one attached hydrogen (secondary N) is 1. The van der Waals surface area contributed by atoms with E-state index in [1.54, 1.807) is 0 Å². The van der Waals surface area contributed by atoms with Gasteiger partial charge in [-0.1, -0.05) is 6.92 Å². The molecule has 1 aliphatic rings. The van der Waals surface area contributed by atoms with Crippen molar-refractivity contribution in [1.29, 1.82) is 0 Å². The second-order valence-corrected chi connectivity index (χ2v) is 5.34. The molecule has 17 heavy (non-hydrogen) atoms. The summed E-state index contributed by atoms with van der Waals surface area (Å²) < 4.78 is 2.08. The summed E-state index contributed by atoms with van der Waals surface area (Å²) in [5, 5.41) is 8.28. The third-order valence-electron chi connectivity index (χ3n) is 3.35. The van der Waals surface area contributed by atoms with E-state index in [1.165, 1.54) is 24.2 Å². The summed E-state index contributed by atoms with van der Waals surface area (Å²) in [7, 11) is 0. The Balaban J connectivity index is 1.82. The minimum atomic E-state index is 0.304. The summed E-state index contributed by atoms with van der Waals surface area (Å²) in [4.78, 5) is 0. The number of nitrogens with zero attached hydrogens (tertiary/aromatic N) is 2. The zero-order valence-corrected chi connectivity index (χ0v) is 11.5. The van der Waals surface area contributed by atoms with E-state index >= 15 is 0 Å². The highest BCUT2D eigenvalue weighted by Gasteiger charge is 2.29. The number of rotatable bonds is 7. The Morgan fingerprint density at radius 1 is 1.53 bits per heavy atom. The lowest BCUT2D eigenvalue weighted by Gasteiger charge is -2.10. The van der Waals surface area contributed by atoms with E-state index in [2.05, 4.69) is 35.0 Å². The van der Waals surface area contributed by atoms with Crippen LogP contribution >= 0.6 is 11.6 Å². The fraction of sp³-hybridized carbons (Fsp3) is 0.769. The van der Waals surface area contributed by atoms with Crippen molar-refractivity contribution in [3.05, 3.63) is 17.5 Å². The Morgan fingerprint density at radius 3 is 2.88 bits per heavy atom. The molecule has 1 aliphatic carbocycles. The molecule has 0 radical (unpaired) electrons. The highest BCUT2D eigenvalue weighted by molar-refractivity contribution is 6.21. The van der Waals surface area contributed by atoms with Crippen LogP contribution in [0.3, 0.4) is 0 Å². The van der Waals surface area contributed by atoms with E-state index in [0.717, 1.165) is 32.0 Å². The first kappa shape index (κ1) is 12.9. The van der Waals surface area contributed by atoms with Crippen LogP contribution in [0.25, 0.3) is 0 Å². The van der Waals surface area contributed by atoms with Crippen LogP contribution in [-0.2, 0) is 19.5 Å². The average molecular weight is 256 g/mol. The van der Waals surface area contributed by atoms with Crippen LogP contribution in [0.4, 0.5) is 0 Å². The van der Waals surface area contributed by atoms with Gasteiger partial charge in [0.15, 0.2) is 0 Å². The van der Waals surface area contributed by atoms with Gasteiger partial charge in [-0.2, -0.15) is 5.10 Å². The van der Waals surface area contributed by atoms with Crippen LogP contribution in [0, 0.1) is 5.92 Å². The molecule has 2 rings (SSSR count). The van der Waals surface area contributed by atoms with E-state index < -0.39 is 0 Å². The van der Waals surface area contributed by atoms with Gasteiger partial charge >= 0.3 is 0 Å². The summed E-state index contributed by atoms with van der Waals surface area (Å²) in [5.41, 5.74) is 2.44. The molecule has 0 bridgehead atoms. The van der Waals surface area contributed by atoms with Crippen molar-refractivity contribution in [3.63, 3.8) is 0 Å². The maximum Gasteiger partial charge on any atom is 0.0625 e. The molecular formula is C13H22ClN3. The molecule has 0 aliphatic heterocycles. The Kier molecular flexibility index (Phi) is 4.46. The van der Waals surface area contributed by atoms with Crippen molar-refractivity contribution in [3.8, 4) is 0 Å². The summed E-state index contributed by atoms with van der Waals surface area (Å²) in [6.45, 7) is 6.98. The lowest BCUT2D eigenvalue weighted by molar-refractivity contribution is 0.562. The minimum absolute atomic E-state index is 0.304. The summed E-state index contributed by atoms with van der Waals surface area (Å²) in [6.07, 6.45) is 3.62. The van der Waals surface area contributed by atoms with E-state index in [4.69, 9.17) is 11.6 Å². The molecule has 96 valence electrons. The highest BCUT2D eigenvalue weighted by atomic mass is 35.5. The predicted molar refractivity (Wildman–Crippen MR) is 71.4 cm³/mol. The average Bonchev–Trinajstić information content (AvgIpc) is 3.11. The Labute approximate surface area is 109 Å². The van der Waals surface area contributed by atoms with Crippen LogP contribution in [0.5, 0.6) is 0 Å². The fourth-order valence-electron chi connectivity index (χ4n) is 2.07. The summed E-state index contributed by atoms with van der Waals surface area (Å²) in [6, 6.07) is 2.19. The number of hydrogen-bond acceptors (Lipinski definition) is 2. The molecule has 1 aromatic rings. The van der Waals surface area contributed by atoms with Gasteiger partial charge < -0.3 is 5.32 Å². The zero-order valence-electron chi connectivity index (χ0n) is 10.7. The highest BCUT2D eigenvalue weighted by Crippen LogP contribution is 2.35. The molecule has 1 fully saturated rings. The molecule has 3 nitrogen and oxygen atoms in total. The van der Waals surface area contributed by atoms with Gasteiger partial charge in [-0.25, -0.2) is 0 Å². The number of aryl methyl sites for hydroxylation is 2. The standard InChI is InChI=1S/C13H22ClN3/c1-3-11-7-12(17(4-2)16-11)8-15-9-13(14)10-5-6-10/h7,10,13,15H,3-6,8-9H2,1-2H3. The van der Waals surface area contributed by atoms with Crippen LogP contribution in [0.15, 0.2) is 6.07 Å². The first-order chi connectivity index (χ1) is 8.24. The maximum absolute atomic E-state index is 6.27. The monoisotopic (exact) mass is 255 g/mol. The third kappa shape index (κ3) is 3.46. The molecule has 1 heterocycles. The van der Waals surface area contributed by atoms with Crippen LogP contribution in [0.1, 0.15) is 38.1 Å². The topological polar surface area (TPSA) is 29.9 Å². The summed E-state index contributed by atoms with van der Waals surface area (Å²) >= 11 is 6.27. The molecule has 1 N–H and O–H groups in total. The molecule has 4 heteroatoms. The number of halogens is 1. The van der Waals surface area contributed by atoms with E-state index in [1.807, 2.05) is 0 Å². The van der Waals surface area contributed by atoms with Gasteiger partial charge in [0.05, 0.1) is 11.4 Å². The minimum Gasteiger partial charge on any atom is -0.310 e. The molecule has 0 aromatic carbocycles. The van der Waals surface area contributed by atoms with E-state index in [9.17, 15) is 0 Å². The van der Waals surface area contributed by atoms with Crippen LogP contribution < -0.4 is 5.32 Å². The predicted octanol–water partition coefficient (Wildman–Crippen LogP) is 2.57.